The zero-order valence-corrected chi connectivity index (χ0v) is 11.3. The number of nitrogens with zero attached hydrogens (tertiary/aromatic N) is 4. The summed E-state index contributed by atoms with van der Waals surface area (Å²) in [4.78, 5) is 6.60. The SMILES string of the molecule is Cc1cccc(CN(C)Cc2nnc(Cl)s2)n1. The molecule has 6 heteroatoms. The van der Waals surface area contributed by atoms with E-state index in [1.165, 1.54) is 11.3 Å². The Labute approximate surface area is 109 Å². The quantitative estimate of drug-likeness (QED) is 0.855. The summed E-state index contributed by atoms with van der Waals surface area (Å²) in [6, 6.07) is 6.04. The van der Waals surface area contributed by atoms with Crippen LogP contribution in [-0.4, -0.2) is 27.1 Å². The van der Waals surface area contributed by atoms with E-state index in [2.05, 4.69) is 20.1 Å². The molecule has 0 saturated heterocycles. The summed E-state index contributed by atoms with van der Waals surface area (Å²) in [6.07, 6.45) is 0. The summed E-state index contributed by atoms with van der Waals surface area (Å²) < 4.78 is 0.488. The number of hydrogen-bond donors (Lipinski definition) is 0. The van der Waals surface area contributed by atoms with Crippen molar-refractivity contribution in [3.8, 4) is 0 Å². The van der Waals surface area contributed by atoms with E-state index in [0.29, 0.717) is 4.47 Å². The molecule has 2 heterocycles. The lowest BCUT2D eigenvalue weighted by atomic mass is 10.3. The van der Waals surface area contributed by atoms with Gasteiger partial charge in [0.25, 0.3) is 0 Å². The van der Waals surface area contributed by atoms with Gasteiger partial charge in [-0.3, -0.25) is 9.88 Å². The van der Waals surface area contributed by atoms with Gasteiger partial charge in [-0.05, 0) is 37.7 Å². The van der Waals surface area contributed by atoms with Gasteiger partial charge in [-0.2, -0.15) is 0 Å². The van der Waals surface area contributed by atoms with Crippen LogP contribution >= 0.6 is 22.9 Å². The van der Waals surface area contributed by atoms with E-state index in [1.54, 1.807) is 0 Å². The van der Waals surface area contributed by atoms with Crippen molar-refractivity contribution in [1.82, 2.24) is 20.1 Å². The van der Waals surface area contributed by atoms with E-state index in [1.807, 2.05) is 32.2 Å². The van der Waals surface area contributed by atoms with Crippen molar-refractivity contribution >= 4 is 22.9 Å². The molecule has 90 valence electrons. The van der Waals surface area contributed by atoms with Crippen LogP contribution in [0.5, 0.6) is 0 Å². The lowest BCUT2D eigenvalue weighted by molar-refractivity contribution is 0.313. The Morgan fingerprint density at radius 3 is 2.76 bits per heavy atom. The number of aromatic nitrogens is 3. The molecule has 17 heavy (non-hydrogen) atoms. The molecule has 0 radical (unpaired) electrons. The minimum Gasteiger partial charge on any atom is -0.294 e. The Balaban J connectivity index is 1.95. The number of rotatable bonds is 4. The van der Waals surface area contributed by atoms with Gasteiger partial charge in [-0.1, -0.05) is 17.4 Å². The van der Waals surface area contributed by atoms with Crippen LogP contribution in [0.2, 0.25) is 4.47 Å². The molecule has 0 amide bonds. The normalized spacial score (nSPS) is 11.1. The first-order valence-corrected chi connectivity index (χ1v) is 6.42. The molecular weight excluding hydrogens is 256 g/mol. The van der Waals surface area contributed by atoms with Crippen molar-refractivity contribution in [1.29, 1.82) is 0 Å². The minimum absolute atomic E-state index is 0.488. The monoisotopic (exact) mass is 268 g/mol. The molecule has 2 aromatic rings. The van der Waals surface area contributed by atoms with E-state index < -0.39 is 0 Å². The van der Waals surface area contributed by atoms with Gasteiger partial charge in [0.05, 0.1) is 12.2 Å². The molecule has 0 fully saturated rings. The van der Waals surface area contributed by atoms with Crippen molar-refractivity contribution in [2.45, 2.75) is 20.0 Å². The minimum atomic E-state index is 0.488. The number of aryl methyl sites for hydroxylation is 1. The van der Waals surface area contributed by atoms with Gasteiger partial charge < -0.3 is 0 Å². The summed E-state index contributed by atoms with van der Waals surface area (Å²) in [5.41, 5.74) is 2.10. The molecule has 0 aliphatic rings. The lowest BCUT2D eigenvalue weighted by Crippen LogP contribution is -2.18. The van der Waals surface area contributed by atoms with Crippen LogP contribution < -0.4 is 0 Å². The first-order chi connectivity index (χ1) is 8.13. The Morgan fingerprint density at radius 1 is 1.29 bits per heavy atom. The summed E-state index contributed by atoms with van der Waals surface area (Å²) in [5, 5.41) is 8.69. The van der Waals surface area contributed by atoms with E-state index >= 15 is 0 Å². The summed E-state index contributed by atoms with van der Waals surface area (Å²) in [6.45, 7) is 3.52. The topological polar surface area (TPSA) is 41.9 Å². The first kappa shape index (κ1) is 12.4. The Kier molecular flexibility index (Phi) is 4.04. The van der Waals surface area contributed by atoms with Crippen LogP contribution in [0, 0.1) is 6.92 Å². The maximum Gasteiger partial charge on any atom is 0.207 e. The smallest absolute Gasteiger partial charge is 0.207 e. The van der Waals surface area contributed by atoms with Crippen LogP contribution in [0.15, 0.2) is 18.2 Å². The largest absolute Gasteiger partial charge is 0.294 e. The van der Waals surface area contributed by atoms with Gasteiger partial charge >= 0.3 is 0 Å². The zero-order chi connectivity index (χ0) is 12.3. The highest BCUT2D eigenvalue weighted by molar-refractivity contribution is 7.15. The van der Waals surface area contributed by atoms with Crippen molar-refractivity contribution in [3.63, 3.8) is 0 Å². The zero-order valence-electron chi connectivity index (χ0n) is 9.72. The molecule has 0 aliphatic heterocycles. The molecule has 2 aromatic heterocycles. The second kappa shape index (κ2) is 5.53. The van der Waals surface area contributed by atoms with Crippen molar-refractivity contribution in [3.05, 3.63) is 39.1 Å². The first-order valence-electron chi connectivity index (χ1n) is 5.22. The third-order valence-corrected chi connectivity index (χ3v) is 3.23. The van der Waals surface area contributed by atoms with E-state index in [9.17, 15) is 0 Å². The van der Waals surface area contributed by atoms with E-state index in [0.717, 1.165) is 29.5 Å². The molecule has 2 rings (SSSR count). The second-order valence-electron chi connectivity index (χ2n) is 3.89. The van der Waals surface area contributed by atoms with Gasteiger partial charge in [0.2, 0.25) is 4.47 Å². The second-order valence-corrected chi connectivity index (χ2v) is 5.54. The van der Waals surface area contributed by atoms with E-state index in [4.69, 9.17) is 11.6 Å². The lowest BCUT2D eigenvalue weighted by Gasteiger charge is -2.14. The van der Waals surface area contributed by atoms with Gasteiger partial charge in [0, 0.05) is 12.2 Å². The molecule has 0 bridgehead atoms. The molecule has 0 saturated carbocycles. The third-order valence-electron chi connectivity index (χ3n) is 2.23. The fraction of sp³-hybridized carbons (Fsp3) is 0.364. The Morgan fingerprint density at radius 2 is 2.12 bits per heavy atom. The standard InChI is InChI=1S/C11H13ClN4S/c1-8-4-3-5-9(13-8)6-16(2)7-10-14-15-11(12)17-10/h3-5H,6-7H2,1-2H3. The third kappa shape index (κ3) is 3.73. The summed E-state index contributed by atoms with van der Waals surface area (Å²) in [7, 11) is 2.03. The van der Waals surface area contributed by atoms with Crippen molar-refractivity contribution in [2.75, 3.05) is 7.05 Å². The van der Waals surface area contributed by atoms with Crippen LogP contribution in [0.25, 0.3) is 0 Å². The van der Waals surface area contributed by atoms with Crippen LogP contribution in [0.3, 0.4) is 0 Å². The maximum atomic E-state index is 5.74. The highest BCUT2D eigenvalue weighted by Crippen LogP contribution is 2.16. The molecule has 0 aromatic carbocycles. The number of halogens is 1. The predicted molar refractivity (Wildman–Crippen MR) is 69.1 cm³/mol. The van der Waals surface area contributed by atoms with Gasteiger partial charge in [-0.25, -0.2) is 0 Å². The maximum absolute atomic E-state index is 5.74. The number of hydrogen-bond acceptors (Lipinski definition) is 5. The van der Waals surface area contributed by atoms with Gasteiger partial charge in [-0.15, -0.1) is 10.2 Å². The summed E-state index contributed by atoms with van der Waals surface area (Å²) in [5.74, 6) is 0. The van der Waals surface area contributed by atoms with Crippen molar-refractivity contribution in [2.24, 2.45) is 0 Å². The van der Waals surface area contributed by atoms with Crippen molar-refractivity contribution < 1.29 is 0 Å². The predicted octanol–water partition coefficient (Wildman–Crippen LogP) is 2.53. The Hall–Kier alpha value is -1.04. The molecule has 0 spiro atoms. The van der Waals surface area contributed by atoms with Crippen LogP contribution in [0.1, 0.15) is 16.4 Å². The molecule has 0 N–H and O–H groups in total. The molecule has 0 atom stereocenters. The fourth-order valence-corrected chi connectivity index (χ4v) is 2.50. The number of pyridine rings is 1. The van der Waals surface area contributed by atoms with Gasteiger partial charge in [0.1, 0.15) is 5.01 Å². The van der Waals surface area contributed by atoms with Crippen LogP contribution in [0.4, 0.5) is 0 Å². The molecule has 0 unspecified atom stereocenters. The summed E-state index contributed by atoms with van der Waals surface area (Å²) >= 11 is 7.15. The average Bonchev–Trinajstić information content (AvgIpc) is 2.63. The highest BCUT2D eigenvalue weighted by Gasteiger charge is 2.07. The molecule has 4 nitrogen and oxygen atoms in total. The van der Waals surface area contributed by atoms with E-state index in [-0.39, 0.29) is 0 Å². The molecular formula is C11H13ClN4S. The Bertz CT molecular complexity index is 500. The fourth-order valence-electron chi connectivity index (χ4n) is 1.55. The molecule has 0 aliphatic carbocycles. The van der Waals surface area contributed by atoms with Crippen LogP contribution in [-0.2, 0) is 13.1 Å². The van der Waals surface area contributed by atoms with Gasteiger partial charge in [0.15, 0.2) is 0 Å². The highest BCUT2D eigenvalue weighted by atomic mass is 35.5. The average molecular weight is 269 g/mol.